The number of halogens is 1. The van der Waals surface area contributed by atoms with Crippen LogP contribution in [0.5, 0.6) is 5.75 Å². The molecule has 1 aliphatic rings. The van der Waals surface area contributed by atoms with E-state index in [9.17, 15) is 4.79 Å². The quantitative estimate of drug-likeness (QED) is 0.886. The van der Waals surface area contributed by atoms with Crippen LogP contribution in [0.4, 0.5) is 11.5 Å². The smallest absolute Gasteiger partial charge is 0.276 e. The molecule has 1 heterocycles. The summed E-state index contributed by atoms with van der Waals surface area (Å²) in [7, 11) is 1.52. The molecule has 1 aromatic carbocycles. The van der Waals surface area contributed by atoms with Gasteiger partial charge in [-0.1, -0.05) is 11.6 Å². The Morgan fingerprint density at radius 1 is 1.27 bits per heavy atom. The van der Waals surface area contributed by atoms with E-state index in [0.29, 0.717) is 28.3 Å². The number of nitrogens with one attached hydrogen (secondary N) is 2. The Bertz CT molecular complexity index is 686. The molecule has 0 atom stereocenters. The number of rotatable bonds is 5. The number of amides is 1. The summed E-state index contributed by atoms with van der Waals surface area (Å²) in [4.78, 5) is 12.2. The van der Waals surface area contributed by atoms with Gasteiger partial charge in [0.25, 0.3) is 5.91 Å². The maximum Gasteiger partial charge on any atom is 0.276 e. The van der Waals surface area contributed by atoms with Crippen LogP contribution in [0.1, 0.15) is 23.3 Å². The highest BCUT2D eigenvalue weighted by molar-refractivity contribution is 6.31. The van der Waals surface area contributed by atoms with E-state index in [1.807, 2.05) is 0 Å². The largest absolute Gasteiger partial charge is 0.495 e. The van der Waals surface area contributed by atoms with Crippen LogP contribution in [-0.4, -0.2) is 29.3 Å². The minimum absolute atomic E-state index is 0.225. The predicted molar refractivity (Wildman–Crippen MR) is 84.6 cm³/mol. The van der Waals surface area contributed by atoms with Crippen molar-refractivity contribution in [2.45, 2.75) is 18.9 Å². The first-order valence-electron chi connectivity index (χ1n) is 6.91. The molecule has 2 aromatic rings. The molecule has 6 nitrogen and oxygen atoms in total. The van der Waals surface area contributed by atoms with Gasteiger partial charge in [-0.05, 0) is 43.2 Å². The average molecular weight is 319 g/mol. The molecule has 7 heteroatoms. The molecule has 1 saturated carbocycles. The molecule has 1 aromatic heterocycles. The Hall–Kier alpha value is -2.34. The van der Waals surface area contributed by atoms with Gasteiger partial charge in [-0.25, -0.2) is 0 Å². The van der Waals surface area contributed by atoms with Crippen molar-refractivity contribution in [2.75, 3.05) is 17.7 Å². The fourth-order valence-electron chi connectivity index (χ4n) is 1.93. The second-order valence-corrected chi connectivity index (χ2v) is 5.46. The van der Waals surface area contributed by atoms with E-state index in [1.54, 1.807) is 30.3 Å². The van der Waals surface area contributed by atoms with Crippen molar-refractivity contribution in [1.29, 1.82) is 0 Å². The Kier molecular flexibility index (Phi) is 4.11. The summed E-state index contributed by atoms with van der Waals surface area (Å²) in [5.74, 6) is 0.836. The summed E-state index contributed by atoms with van der Waals surface area (Å²) in [5.41, 5.74) is 0.713. The van der Waals surface area contributed by atoms with Crippen molar-refractivity contribution in [3.05, 3.63) is 41.0 Å². The average Bonchev–Trinajstić information content (AvgIpc) is 3.32. The fraction of sp³-hybridized carbons (Fsp3) is 0.267. The molecule has 0 aliphatic heterocycles. The molecule has 114 valence electrons. The van der Waals surface area contributed by atoms with E-state index in [2.05, 4.69) is 20.8 Å². The lowest BCUT2D eigenvalue weighted by Gasteiger charge is -2.10. The maximum atomic E-state index is 12.2. The summed E-state index contributed by atoms with van der Waals surface area (Å²) in [6.07, 6.45) is 2.30. The lowest BCUT2D eigenvalue weighted by Crippen LogP contribution is -2.15. The van der Waals surface area contributed by atoms with Gasteiger partial charge in [0.1, 0.15) is 11.6 Å². The Morgan fingerprint density at radius 3 is 2.73 bits per heavy atom. The van der Waals surface area contributed by atoms with Crippen LogP contribution in [0.2, 0.25) is 5.02 Å². The molecule has 0 radical (unpaired) electrons. The monoisotopic (exact) mass is 318 g/mol. The number of nitrogens with zero attached hydrogens (tertiary/aromatic N) is 2. The summed E-state index contributed by atoms with van der Waals surface area (Å²) >= 11 is 5.94. The normalized spacial score (nSPS) is 13.5. The number of hydrogen-bond donors (Lipinski definition) is 2. The van der Waals surface area contributed by atoms with E-state index >= 15 is 0 Å². The SMILES string of the molecule is COc1ccc(Cl)cc1NC(=O)c1ccc(NC2CC2)nn1. The molecular weight excluding hydrogens is 304 g/mol. The molecule has 3 rings (SSSR count). The Balaban J connectivity index is 1.72. The molecule has 22 heavy (non-hydrogen) atoms. The van der Waals surface area contributed by atoms with Gasteiger partial charge in [-0.3, -0.25) is 4.79 Å². The lowest BCUT2D eigenvalue weighted by atomic mass is 10.2. The number of ether oxygens (including phenoxy) is 1. The summed E-state index contributed by atoms with van der Waals surface area (Å²) in [5, 5.41) is 14.4. The van der Waals surface area contributed by atoms with Gasteiger partial charge in [-0.15, -0.1) is 10.2 Å². The molecular formula is C15H15ClN4O2. The highest BCUT2D eigenvalue weighted by atomic mass is 35.5. The van der Waals surface area contributed by atoms with Crippen LogP contribution in [-0.2, 0) is 0 Å². The van der Waals surface area contributed by atoms with Gasteiger partial charge >= 0.3 is 0 Å². The highest BCUT2D eigenvalue weighted by Crippen LogP contribution is 2.28. The van der Waals surface area contributed by atoms with Gasteiger partial charge < -0.3 is 15.4 Å². The fourth-order valence-corrected chi connectivity index (χ4v) is 2.10. The van der Waals surface area contributed by atoms with Crippen LogP contribution in [0.15, 0.2) is 30.3 Å². The lowest BCUT2D eigenvalue weighted by molar-refractivity contribution is 0.102. The topological polar surface area (TPSA) is 76.1 Å². The molecule has 2 N–H and O–H groups in total. The van der Waals surface area contributed by atoms with Crippen molar-refractivity contribution in [1.82, 2.24) is 10.2 Å². The van der Waals surface area contributed by atoms with Crippen LogP contribution in [0.25, 0.3) is 0 Å². The van der Waals surface area contributed by atoms with Gasteiger partial charge in [0.2, 0.25) is 0 Å². The van der Waals surface area contributed by atoms with Crippen LogP contribution >= 0.6 is 11.6 Å². The second kappa shape index (κ2) is 6.19. The molecule has 0 spiro atoms. The summed E-state index contributed by atoms with van der Waals surface area (Å²) in [6, 6.07) is 8.86. The van der Waals surface area contributed by atoms with Crippen LogP contribution in [0.3, 0.4) is 0 Å². The van der Waals surface area contributed by atoms with Gasteiger partial charge in [0.05, 0.1) is 12.8 Å². The van der Waals surface area contributed by atoms with Crippen LogP contribution in [0, 0.1) is 0 Å². The first-order chi connectivity index (χ1) is 10.7. The van der Waals surface area contributed by atoms with E-state index in [-0.39, 0.29) is 11.6 Å². The first kappa shape index (κ1) is 14.6. The van der Waals surface area contributed by atoms with Crippen molar-refractivity contribution in [3.63, 3.8) is 0 Å². The van der Waals surface area contributed by atoms with Crippen molar-refractivity contribution < 1.29 is 9.53 Å². The third-order valence-corrected chi connectivity index (χ3v) is 3.47. The highest BCUT2D eigenvalue weighted by Gasteiger charge is 2.21. The number of methoxy groups -OCH3 is 1. The van der Waals surface area contributed by atoms with Crippen molar-refractivity contribution in [3.8, 4) is 5.75 Å². The zero-order valence-corrected chi connectivity index (χ0v) is 12.7. The summed E-state index contributed by atoms with van der Waals surface area (Å²) in [6.45, 7) is 0. The Labute approximate surface area is 132 Å². The number of anilines is 2. The molecule has 1 aliphatic carbocycles. The van der Waals surface area contributed by atoms with E-state index < -0.39 is 0 Å². The molecule has 1 amide bonds. The minimum Gasteiger partial charge on any atom is -0.495 e. The molecule has 0 saturated heterocycles. The molecule has 0 bridgehead atoms. The number of hydrogen-bond acceptors (Lipinski definition) is 5. The van der Waals surface area contributed by atoms with E-state index in [0.717, 1.165) is 12.8 Å². The van der Waals surface area contributed by atoms with Gasteiger partial charge in [0.15, 0.2) is 5.69 Å². The number of benzene rings is 1. The third kappa shape index (κ3) is 3.46. The maximum absolute atomic E-state index is 12.2. The van der Waals surface area contributed by atoms with Crippen LogP contribution < -0.4 is 15.4 Å². The van der Waals surface area contributed by atoms with E-state index in [4.69, 9.17) is 16.3 Å². The zero-order valence-electron chi connectivity index (χ0n) is 12.0. The minimum atomic E-state index is -0.369. The first-order valence-corrected chi connectivity index (χ1v) is 7.28. The van der Waals surface area contributed by atoms with Gasteiger partial charge in [0, 0.05) is 11.1 Å². The second-order valence-electron chi connectivity index (χ2n) is 5.02. The van der Waals surface area contributed by atoms with E-state index in [1.165, 1.54) is 7.11 Å². The number of aromatic nitrogens is 2. The Morgan fingerprint density at radius 2 is 2.09 bits per heavy atom. The standard InChI is InChI=1S/C15H15ClN4O2/c1-22-13-6-2-9(16)8-12(13)18-15(21)11-5-7-14(20-19-11)17-10-3-4-10/h2,5-8,10H,3-4H2,1H3,(H,17,20)(H,18,21). The third-order valence-electron chi connectivity index (χ3n) is 3.24. The zero-order chi connectivity index (χ0) is 15.5. The van der Waals surface area contributed by atoms with Gasteiger partial charge in [-0.2, -0.15) is 0 Å². The number of carbonyl (C=O) groups is 1. The molecule has 1 fully saturated rings. The predicted octanol–water partition coefficient (Wildman–Crippen LogP) is 2.97. The van der Waals surface area contributed by atoms with Crippen molar-refractivity contribution >= 4 is 29.0 Å². The summed E-state index contributed by atoms with van der Waals surface area (Å²) < 4.78 is 5.19. The van der Waals surface area contributed by atoms with Crippen molar-refractivity contribution in [2.24, 2.45) is 0 Å². The number of carbonyl (C=O) groups excluding carboxylic acids is 1. The molecule has 0 unspecified atom stereocenters.